The van der Waals surface area contributed by atoms with Gasteiger partial charge in [0.25, 0.3) is 5.56 Å². The van der Waals surface area contributed by atoms with Gasteiger partial charge in [0.2, 0.25) is 0 Å². The Morgan fingerprint density at radius 1 is 1.35 bits per heavy atom. The third-order valence-electron chi connectivity index (χ3n) is 3.31. The van der Waals surface area contributed by atoms with Gasteiger partial charge in [0, 0.05) is 5.56 Å². The third-order valence-corrected chi connectivity index (χ3v) is 3.31. The average molecular weight is 272 g/mol. The number of rotatable bonds is 2. The lowest BCUT2D eigenvalue weighted by atomic mass is 10.1. The molecule has 6 nitrogen and oxygen atoms in total. The van der Waals surface area contributed by atoms with Gasteiger partial charge in [0.05, 0.1) is 18.9 Å². The van der Waals surface area contributed by atoms with E-state index in [1.807, 2.05) is 18.2 Å². The fourth-order valence-electron chi connectivity index (χ4n) is 2.29. The van der Waals surface area contributed by atoms with Crippen molar-refractivity contribution in [2.24, 2.45) is 0 Å². The third kappa shape index (κ3) is 2.00. The molecule has 2 heterocycles. The number of nitrogens with zero attached hydrogens (tertiary/aromatic N) is 1. The molecule has 0 saturated heterocycles. The van der Waals surface area contributed by atoms with E-state index in [0.29, 0.717) is 19.0 Å². The Morgan fingerprint density at radius 3 is 2.80 bits per heavy atom. The van der Waals surface area contributed by atoms with Crippen molar-refractivity contribution in [1.29, 1.82) is 0 Å². The largest absolute Gasteiger partial charge is 0.477 e. The molecule has 6 heteroatoms. The predicted molar refractivity (Wildman–Crippen MR) is 70.5 cm³/mol. The number of aromatic carboxylic acids is 1. The number of ether oxygens (including phenoxy) is 1. The Morgan fingerprint density at radius 2 is 2.10 bits per heavy atom. The van der Waals surface area contributed by atoms with Gasteiger partial charge in [0.1, 0.15) is 11.4 Å². The van der Waals surface area contributed by atoms with Gasteiger partial charge in [-0.05, 0) is 24.1 Å². The summed E-state index contributed by atoms with van der Waals surface area (Å²) in [6.45, 7) is 2.65. The molecule has 20 heavy (non-hydrogen) atoms. The fourth-order valence-corrected chi connectivity index (χ4v) is 2.29. The number of aromatic nitrogens is 2. The van der Waals surface area contributed by atoms with Gasteiger partial charge in [-0.2, -0.15) is 0 Å². The highest BCUT2D eigenvalue weighted by molar-refractivity contribution is 5.88. The summed E-state index contributed by atoms with van der Waals surface area (Å²) in [5.41, 5.74) is 2.16. The minimum absolute atomic E-state index is 0.202. The summed E-state index contributed by atoms with van der Waals surface area (Å²) < 4.78 is 5.33. The first-order valence-electron chi connectivity index (χ1n) is 6.10. The van der Waals surface area contributed by atoms with E-state index in [0.717, 1.165) is 16.7 Å². The summed E-state index contributed by atoms with van der Waals surface area (Å²) in [6, 6.07) is 5.67. The molecule has 0 unspecified atom stereocenters. The zero-order valence-corrected chi connectivity index (χ0v) is 10.8. The normalized spacial score (nSPS) is 13.2. The van der Waals surface area contributed by atoms with Crippen molar-refractivity contribution in [3.63, 3.8) is 0 Å². The van der Waals surface area contributed by atoms with Crippen LogP contribution < -0.4 is 5.56 Å². The molecule has 102 valence electrons. The van der Waals surface area contributed by atoms with E-state index in [9.17, 15) is 9.59 Å². The number of carbonyl (C=O) groups is 1. The molecule has 1 aliphatic heterocycles. The van der Waals surface area contributed by atoms with E-state index in [1.165, 1.54) is 6.92 Å². The molecular formula is C14H12N2O4. The molecule has 0 bridgehead atoms. The number of aryl methyl sites for hydroxylation is 1. The highest BCUT2D eigenvalue weighted by Crippen LogP contribution is 2.24. The number of hydrogen-bond acceptors (Lipinski definition) is 4. The molecule has 0 aliphatic carbocycles. The molecular weight excluding hydrogens is 260 g/mol. The molecule has 0 radical (unpaired) electrons. The van der Waals surface area contributed by atoms with Crippen LogP contribution in [-0.2, 0) is 18.0 Å². The van der Waals surface area contributed by atoms with Gasteiger partial charge in [-0.1, -0.05) is 12.1 Å². The maximum Gasteiger partial charge on any atom is 0.343 e. The summed E-state index contributed by atoms with van der Waals surface area (Å²) in [5.74, 6) is -0.905. The second-order valence-corrected chi connectivity index (χ2v) is 4.66. The molecule has 1 aromatic heterocycles. The lowest BCUT2D eigenvalue weighted by Crippen LogP contribution is -2.21. The van der Waals surface area contributed by atoms with Gasteiger partial charge < -0.3 is 14.8 Å². The van der Waals surface area contributed by atoms with Crippen LogP contribution in [0.4, 0.5) is 0 Å². The van der Waals surface area contributed by atoms with Gasteiger partial charge >= 0.3 is 5.97 Å². The van der Waals surface area contributed by atoms with Crippen molar-refractivity contribution in [3.05, 3.63) is 50.9 Å². The van der Waals surface area contributed by atoms with E-state index < -0.39 is 11.5 Å². The number of hydrogen-bond donors (Lipinski definition) is 2. The minimum Gasteiger partial charge on any atom is -0.477 e. The van der Waals surface area contributed by atoms with E-state index in [-0.39, 0.29) is 11.3 Å². The Labute approximate surface area is 114 Å². The van der Waals surface area contributed by atoms with Crippen molar-refractivity contribution in [3.8, 4) is 11.4 Å². The summed E-state index contributed by atoms with van der Waals surface area (Å²) in [6.07, 6.45) is 0. The van der Waals surface area contributed by atoms with E-state index in [4.69, 9.17) is 9.84 Å². The summed E-state index contributed by atoms with van der Waals surface area (Å²) in [7, 11) is 0. The lowest BCUT2D eigenvalue weighted by molar-refractivity contribution is 0.0693. The van der Waals surface area contributed by atoms with Gasteiger partial charge in [-0.25, -0.2) is 9.78 Å². The van der Waals surface area contributed by atoms with Crippen LogP contribution in [0.25, 0.3) is 11.4 Å². The lowest BCUT2D eigenvalue weighted by Gasteiger charge is -2.06. The predicted octanol–water partition coefficient (Wildman–Crippen LogP) is 1.47. The number of carboxylic acid groups (broad SMARTS) is 1. The van der Waals surface area contributed by atoms with Crippen LogP contribution in [0, 0.1) is 6.92 Å². The number of aromatic amines is 1. The van der Waals surface area contributed by atoms with Gasteiger partial charge in [0.15, 0.2) is 0 Å². The number of H-pyrrole nitrogens is 1. The molecule has 2 aromatic rings. The van der Waals surface area contributed by atoms with E-state index in [2.05, 4.69) is 9.97 Å². The maximum atomic E-state index is 11.8. The molecule has 2 N–H and O–H groups in total. The van der Waals surface area contributed by atoms with Crippen LogP contribution in [-0.4, -0.2) is 21.0 Å². The Kier molecular flexibility index (Phi) is 2.87. The fraction of sp³-hybridized carbons (Fsp3) is 0.214. The number of nitrogens with one attached hydrogen (secondary N) is 1. The van der Waals surface area contributed by atoms with Gasteiger partial charge in [-0.3, -0.25) is 4.79 Å². The SMILES string of the molecule is Cc1nc(-c2ccc3c(c2)COC3)[nH]c(=O)c1C(=O)O. The van der Waals surface area contributed by atoms with E-state index >= 15 is 0 Å². The first kappa shape index (κ1) is 12.6. The van der Waals surface area contributed by atoms with Gasteiger partial charge in [-0.15, -0.1) is 0 Å². The van der Waals surface area contributed by atoms with Crippen molar-refractivity contribution in [2.75, 3.05) is 0 Å². The highest BCUT2D eigenvalue weighted by Gasteiger charge is 2.17. The quantitative estimate of drug-likeness (QED) is 0.863. The molecule has 0 amide bonds. The molecule has 1 aliphatic rings. The molecule has 0 saturated carbocycles. The summed E-state index contributed by atoms with van der Waals surface area (Å²) in [4.78, 5) is 29.5. The molecule has 0 spiro atoms. The van der Waals surface area contributed by atoms with E-state index in [1.54, 1.807) is 0 Å². The van der Waals surface area contributed by atoms with Crippen LogP contribution >= 0.6 is 0 Å². The van der Waals surface area contributed by atoms with Crippen LogP contribution in [0.1, 0.15) is 27.2 Å². The zero-order chi connectivity index (χ0) is 14.3. The number of carboxylic acids is 1. The van der Waals surface area contributed by atoms with Crippen molar-refractivity contribution >= 4 is 5.97 Å². The highest BCUT2D eigenvalue weighted by atomic mass is 16.5. The molecule has 3 rings (SSSR count). The average Bonchev–Trinajstić information content (AvgIpc) is 2.84. The van der Waals surface area contributed by atoms with Crippen LogP contribution in [0.5, 0.6) is 0 Å². The van der Waals surface area contributed by atoms with Crippen molar-refractivity contribution in [2.45, 2.75) is 20.1 Å². The standard InChI is InChI=1S/C14H12N2O4/c1-7-11(14(18)19)13(17)16-12(15-7)8-2-3-9-5-20-6-10(9)4-8/h2-4H,5-6H2,1H3,(H,18,19)(H,15,16,17). The first-order chi connectivity index (χ1) is 9.56. The second kappa shape index (κ2) is 4.57. The monoisotopic (exact) mass is 272 g/mol. The number of benzene rings is 1. The van der Waals surface area contributed by atoms with Crippen LogP contribution in [0.2, 0.25) is 0 Å². The van der Waals surface area contributed by atoms with Crippen molar-refractivity contribution in [1.82, 2.24) is 9.97 Å². The number of fused-ring (bicyclic) bond motifs is 1. The zero-order valence-electron chi connectivity index (χ0n) is 10.8. The van der Waals surface area contributed by atoms with Crippen LogP contribution in [0.3, 0.4) is 0 Å². The smallest absolute Gasteiger partial charge is 0.343 e. The molecule has 1 aromatic carbocycles. The topological polar surface area (TPSA) is 92.3 Å². The Bertz CT molecular complexity index is 764. The Hall–Kier alpha value is -2.47. The van der Waals surface area contributed by atoms with Crippen molar-refractivity contribution < 1.29 is 14.6 Å². The Balaban J connectivity index is 2.12. The van der Waals surface area contributed by atoms with Crippen LogP contribution in [0.15, 0.2) is 23.0 Å². The first-order valence-corrected chi connectivity index (χ1v) is 6.10. The summed E-state index contributed by atoms with van der Waals surface area (Å²) in [5, 5.41) is 8.96. The summed E-state index contributed by atoms with van der Waals surface area (Å²) >= 11 is 0. The second-order valence-electron chi connectivity index (χ2n) is 4.66. The maximum absolute atomic E-state index is 11.8. The molecule has 0 atom stereocenters. The minimum atomic E-state index is -1.27. The molecule has 0 fully saturated rings.